The number of carbonyl (C=O) groups excluding carboxylic acids is 2. The molecule has 1 heterocycles. The van der Waals surface area contributed by atoms with Crippen LogP contribution in [0.3, 0.4) is 0 Å². The molecule has 3 N–H and O–H groups in total. The van der Waals surface area contributed by atoms with Gasteiger partial charge in [0.25, 0.3) is 11.6 Å². The van der Waals surface area contributed by atoms with E-state index in [1.54, 1.807) is 36.4 Å². The summed E-state index contributed by atoms with van der Waals surface area (Å²) in [5.41, 5.74) is -1.56. The van der Waals surface area contributed by atoms with Gasteiger partial charge in [0.1, 0.15) is 11.5 Å². The Labute approximate surface area is 189 Å². The van der Waals surface area contributed by atoms with Crippen LogP contribution in [0.2, 0.25) is 0 Å². The summed E-state index contributed by atoms with van der Waals surface area (Å²) in [5.74, 6) is 0.0222. The predicted octanol–water partition coefficient (Wildman–Crippen LogP) is 2.34. The summed E-state index contributed by atoms with van der Waals surface area (Å²) < 4.78 is 11.3. The lowest BCUT2D eigenvalue weighted by Gasteiger charge is -2.43. The highest BCUT2D eigenvalue weighted by Crippen LogP contribution is 2.44. The Kier molecular flexibility index (Phi) is 6.73. The molecule has 2 aromatic carbocycles. The third-order valence-corrected chi connectivity index (χ3v) is 5.41. The largest absolute Gasteiger partial charge is 0.497 e. The van der Waals surface area contributed by atoms with Crippen LogP contribution in [0.15, 0.2) is 40.9 Å². The average molecular weight is 493 g/mol. The van der Waals surface area contributed by atoms with Gasteiger partial charge in [-0.2, -0.15) is 0 Å². The number of amides is 3. The Balaban J connectivity index is 2.16. The van der Waals surface area contributed by atoms with Gasteiger partial charge in [0.15, 0.2) is 0 Å². The molecule has 1 aliphatic heterocycles. The number of carbonyl (C=O) groups is 2. The molecule has 0 aromatic heterocycles. The van der Waals surface area contributed by atoms with Gasteiger partial charge in [0, 0.05) is 29.2 Å². The molecule has 3 amide bonds. The minimum absolute atomic E-state index is 0.205. The maximum atomic E-state index is 13.3. The van der Waals surface area contributed by atoms with E-state index < -0.39 is 17.7 Å². The molecule has 0 spiro atoms. The molecular formula is C21H25BrN4O5. The van der Waals surface area contributed by atoms with E-state index in [0.29, 0.717) is 22.5 Å². The first-order chi connectivity index (χ1) is 14.7. The van der Waals surface area contributed by atoms with Crippen LogP contribution in [-0.2, 0) is 10.5 Å². The molecule has 3 rings (SSSR count). The number of methoxy groups -OCH3 is 2. The van der Waals surface area contributed by atoms with Crippen molar-refractivity contribution in [2.75, 3.05) is 51.6 Å². The lowest BCUT2D eigenvalue weighted by Crippen LogP contribution is -2.63. The minimum atomic E-state index is -2.32. The van der Waals surface area contributed by atoms with Gasteiger partial charge in [0.2, 0.25) is 0 Å². The summed E-state index contributed by atoms with van der Waals surface area (Å²) in [4.78, 5) is 29.4. The van der Waals surface area contributed by atoms with Gasteiger partial charge in [0.05, 0.1) is 25.6 Å². The number of aliphatic hydroxyl groups is 1. The first-order valence-corrected chi connectivity index (χ1v) is 10.3. The number of fused-ring (bicyclic) bond motifs is 1. The average Bonchev–Trinajstić information content (AvgIpc) is 2.74. The number of hydrogen-bond acceptors (Lipinski definition) is 6. The molecule has 2 aromatic rings. The van der Waals surface area contributed by atoms with Crippen LogP contribution in [0.1, 0.15) is 5.56 Å². The van der Waals surface area contributed by atoms with Crippen molar-refractivity contribution < 1.29 is 24.2 Å². The number of ether oxygens (including phenoxy) is 2. The zero-order valence-corrected chi connectivity index (χ0v) is 19.3. The summed E-state index contributed by atoms with van der Waals surface area (Å²) in [6.07, 6.45) is 0. The van der Waals surface area contributed by atoms with Crippen LogP contribution in [0.5, 0.6) is 11.5 Å². The zero-order chi connectivity index (χ0) is 22.8. The fourth-order valence-corrected chi connectivity index (χ4v) is 3.71. The second-order valence-corrected chi connectivity index (χ2v) is 8.14. The fourth-order valence-electron chi connectivity index (χ4n) is 3.35. The van der Waals surface area contributed by atoms with Gasteiger partial charge in [-0.25, -0.2) is 9.69 Å². The second kappa shape index (κ2) is 9.13. The summed E-state index contributed by atoms with van der Waals surface area (Å²) in [6, 6.07) is 9.01. The molecule has 0 bridgehead atoms. The molecule has 0 unspecified atom stereocenters. The van der Waals surface area contributed by atoms with E-state index in [1.807, 2.05) is 19.0 Å². The van der Waals surface area contributed by atoms with E-state index in [4.69, 9.17) is 9.47 Å². The Bertz CT molecular complexity index is 1000. The fraction of sp³-hybridized carbons (Fsp3) is 0.333. The summed E-state index contributed by atoms with van der Waals surface area (Å²) >= 11 is 3.38. The van der Waals surface area contributed by atoms with Gasteiger partial charge < -0.3 is 30.1 Å². The lowest BCUT2D eigenvalue weighted by atomic mass is 9.94. The highest BCUT2D eigenvalue weighted by Gasteiger charge is 2.52. The number of nitrogens with zero attached hydrogens (tertiary/aromatic N) is 2. The summed E-state index contributed by atoms with van der Waals surface area (Å²) in [7, 11) is 6.68. The van der Waals surface area contributed by atoms with E-state index in [-0.39, 0.29) is 23.5 Å². The summed E-state index contributed by atoms with van der Waals surface area (Å²) in [6.45, 7) is 0.845. The standard InChI is InChI=1S/C21H25BrN4O5/c1-25(2)10-9-23-19(27)21(29)15-11-13(22)5-7-16(15)24-20(28)26(21)17-8-6-14(30-3)12-18(17)31-4/h5-8,11-12,29H,9-10H2,1-4H3,(H,23,27)(H,24,28)/t21-/m1/s1. The number of halogens is 1. The smallest absolute Gasteiger partial charge is 0.329 e. The van der Waals surface area contributed by atoms with Crippen molar-refractivity contribution in [2.45, 2.75) is 5.72 Å². The number of urea groups is 1. The van der Waals surface area contributed by atoms with Crippen molar-refractivity contribution >= 4 is 39.2 Å². The van der Waals surface area contributed by atoms with Crippen molar-refractivity contribution in [2.24, 2.45) is 0 Å². The number of benzene rings is 2. The molecule has 0 aliphatic carbocycles. The predicted molar refractivity (Wildman–Crippen MR) is 121 cm³/mol. The normalized spacial score (nSPS) is 17.8. The first kappa shape index (κ1) is 22.9. The van der Waals surface area contributed by atoms with Crippen molar-refractivity contribution in [1.29, 1.82) is 0 Å². The molecule has 0 fully saturated rings. The van der Waals surface area contributed by atoms with E-state index in [0.717, 1.165) is 4.90 Å². The van der Waals surface area contributed by atoms with Crippen LogP contribution < -0.4 is 25.0 Å². The van der Waals surface area contributed by atoms with Crippen LogP contribution in [-0.4, -0.2) is 63.3 Å². The van der Waals surface area contributed by atoms with Crippen LogP contribution in [0.4, 0.5) is 16.2 Å². The van der Waals surface area contributed by atoms with Crippen LogP contribution >= 0.6 is 15.9 Å². The van der Waals surface area contributed by atoms with Crippen LogP contribution in [0.25, 0.3) is 0 Å². The SMILES string of the molecule is COc1ccc(N2C(=O)Nc3ccc(Br)cc3[C@@]2(O)C(=O)NCCN(C)C)c(OC)c1. The quantitative estimate of drug-likeness (QED) is 0.548. The van der Waals surface area contributed by atoms with Gasteiger partial charge in [-0.05, 0) is 44.4 Å². The van der Waals surface area contributed by atoms with Gasteiger partial charge in [-0.15, -0.1) is 0 Å². The van der Waals surface area contributed by atoms with E-state index in [9.17, 15) is 14.7 Å². The number of anilines is 2. The molecule has 10 heteroatoms. The van der Waals surface area contributed by atoms with Crippen molar-refractivity contribution in [1.82, 2.24) is 10.2 Å². The molecular weight excluding hydrogens is 468 g/mol. The minimum Gasteiger partial charge on any atom is -0.497 e. The summed E-state index contributed by atoms with van der Waals surface area (Å²) in [5, 5.41) is 17.3. The van der Waals surface area contributed by atoms with E-state index in [2.05, 4.69) is 26.6 Å². The highest BCUT2D eigenvalue weighted by molar-refractivity contribution is 9.10. The first-order valence-electron chi connectivity index (χ1n) is 9.51. The van der Waals surface area contributed by atoms with Crippen molar-refractivity contribution in [3.8, 4) is 11.5 Å². The van der Waals surface area contributed by atoms with Crippen LogP contribution in [0, 0.1) is 0 Å². The maximum absolute atomic E-state index is 13.3. The van der Waals surface area contributed by atoms with E-state index >= 15 is 0 Å². The molecule has 0 saturated carbocycles. The van der Waals surface area contributed by atoms with Crippen molar-refractivity contribution in [3.63, 3.8) is 0 Å². The molecule has 1 atom stereocenters. The number of nitrogens with one attached hydrogen (secondary N) is 2. The molecule has 0 saturated heterocycles. The monoisotopic (exact) mass is 492 g/mol. The third kappa shape index (κ3) is 4.32. The molecule has 166 valence electrons. The van der Waals surface area contributed by atoms with E-state index in [1.165, 1.54) is 14.2 Å². The van der Waals surface area contributed by atoms with Gasteiger partial charge in [-0.1, -0.05) is 15.9 Å². The Morgan fingerprint density at radius 1 is 1.23 bits per heavy atom. The Hall–Kier alpha value is -2.82. The Morgan fingerprint density at radius 3 is 2.61 bits per heavy atom. The van der Waals surface area contributed by atoms with Gasteiger partial charge in [-0.3, -0.25) is 4.79 Å². The topological polar surface area (TPSA) is 103 Å². The molecule has 31 heavy (non-hydrogen) atoms. The molecule has 0 radical (unpaired) electrons. The maximum Gasteiger partial charge on any atom is 0.329 e. The Morgan fingerprint density at radius 2 is 1.97 bits per heavy atom. The number of rotatable bonds is 7. The third-order valence-electron chi connectivity index (χ3n) is 4.91. The van der Waals surface area contributed by atoms with Gasteiger partial charge >= 0.3 is 6.03 Å². The van der Waals surface area contributed by atoms with Crippen molar-refractivity contribution in [3.05, 3.63) is 46.4 Å². The second-order valence-electron chi connectivity index (χ2n) is 7.22. The highest BCUT2D eigenvalue weighted by atomic mass is 79.9. The zero-order valence-electron chi connectivity index (χ0n) is 17.7. The molecule has 9 nitrogen and oxygen atoms in total. The number of hydrogen-bond donors (Lipinski definition) is 3. The lowest BCUT2D eigenvalue weighted by molar-refractivity contribution is -0.140. The molecule has 1 aliphatic rings. The number of likely N-dealkylation sites (N-methyl/N-ethyl adjacent to an activating group) is 1.